The molecular weight excluding hydrogens is 266 g/mol. The van der Waals surface area contributed by atoms with Gasteiger partial charge in [0.25, 0.3) is 0 Å². The number of rotatable bonds is 6. The molecule has 21 heavy (non-hydrogen) atoms. The highest BCUT2D eigenvalue weighted by molar-refractivity contribution is 5.79. The molecule has 0 bridgehead atoms. The van der Waals surface area contributed by atoms with Gasteiger partial charge in [0.1, 0.15) is 5.75 Å². The summed E-state index contributed by atoms with van der Waals surface area (Å²) in [5.41, 5.74) is 2.10. The lowest BCUT2D eigenvalue weighted by atomic mass is 10.2. The second kappa shape index (κ2) is 7.24. The lowest BCUT2D eigenvalue weighted by Gasteiger charge is -2.09. The molecule has 0 aliphatic heterocycles. The van der Waals surface area contributed by atoms with Crippen LogP contribution in [0.4, 0.5) is 0 Å². The number of carbonyl (C=O) groups is 1. The van der Waals surface area contributed by atoms with E-state index >= 15 is 0 Å². The number of aliphatic carboxylic acids is 1. The van der Waals surface area contributed by atoms with Gasteiger partial charge in [0.15, 0.2) is 6.10 Å². The average Bonchev–Trinajstić information content (AvgIpc) is 2.50. The number of ether oxygens (including phenoxy) is 1. The van der Waals surface area contributed by atoms with Gasteiger partial charge in [-0.05, 0) is 42.3 Å². The minimum absolute atomic E-state index is 0.533. The van der Waals surface area contributed by atoms with Gasteiger partial charge in [-0.25, -0.2) is 4.79 Å². The molecule has 0 spiro atoms. The number of aliphatic imine (C=N–C) groups is 1. The third kappa shape index (κ3) is 4.76. The summed E-state index contributed by atoms with van der Waals surface area (Å²) in [5, 5.41) is 8.78. The Morgan fingerprint density at radius 3 is 2.48 bits per heavy atom. The summed E-state index contributed by atoms with van der Waals surface area (Å²) in [6.45, 7) is 2.13. The summed E-state index contributed by atoms with van der Waals surface area (Å²) in [4.78, 5) is 15.1. The predicted molar refractivity (Wildman–Crippen MR) is 81.9 cm³/mol. The molecule has 0 saturated carbocycles. The predicted octanol–water partition coefficient (Wildman–Crippen LogP) is 3.16. The van der Waals surface area contributed by atoms with Crippen LogP contribution in [-0.4, -0.2) is 23.4 Å². The SMILES string of the molecule is C[C@@H](Oc1ccc(C=NCc2ccccc2)cc1)C(=O)O. The Kier molecular flexibility index (Phi) is 5.10. The van der Waals surface area contributed by atoms with Crippen molar-refractivity contribution in [3.8, 4) is 5.75 Å². The number of nitrogens with zero attached hydrogens (tertiary/aromatic N) is 1. The zero-order chi connectivity index (χ0) is 15.1. The Balaban J connectivity index is 1.91. The third-order valence-electron chi connectivity index (χ3n) is 2.90. The van der Waals surface area contributed by atoms with Crippen LogP contribution in [0.2, 0.25) is 0 Å². The zero-order valence-electron chi connectivity index (χ0n) is 11.8. The second-order valence-corrected chi connectivity index (χ2v) is 4.62. The van der Waals surface area contributed by atoms with Gasteiger partial charge in [-0.3, -0.25) is 4.99 Å². The van der Waals surface area contributed by atoms with E-state index in [1.54, 1.807) is 18.3 Å². The zero-order valence-corrected chi connectivity index (χ0v) is 11.8. The van der Waals surface area contributed by atoms with E-state index in [2.05, 4.69) is 4.99 Å². The van der Waals surface area contributed by atoms with Crippen LogP contribution in [-0.2, 0) is 11.3 Å². The standard InChI is InChI=1S/C17H17NO3/c1-13(17(19)20)21-16-9-7-15(8-10-16)12-18-11-14-5-3-2-4-6-14/h2-10,12-13H,11H2,1H3,(H,19,20)/t13-/m1/s1. The Morgan fingerprint density at radius 1 is 1.19 bits per heavy atom. The van der Waals surface area contributed by atoms with Gasteiger partial charge in [0, 0.05) is 6.21 Å². The Labute approximate surface area is 123 Å². The first-order valence-corrected chi connectivity index (χ1v) is 6.68. The summed E-state index contributed by atoms with van der Waals surface area (Å²) < 4.78 is 5.26. The molecule has 2 rings (SSSR count). The molecule has 1 atom stereocenters. The highest BCUT2D eigenvalue weighted by Gasteiger charge is 2.11. The maximum atomic E-state index is 10.7. The van der Waals surface area contributed by atoms with Crippen molar-refractivity contribution in [2.24, 2.45) is 4.99 Å². The van der Waals surface area contributed by atoms with E-state index in [0.29, 0.717) is 12.3 Å². The monoisotopic (exact) mass is 283 g/mol. The molecule has 1 N–H and O–H groups in total. The molecule has 0 aliphatic carbocycles. The number of hydrogen-bond donors (Lipinski definition) is 1. The van der Waals surface area contributed by atoms with Crippen LogP contribution >= 0.6 is 0 Å². The summed E-state index contributed by atoms with van der Waals surface area (Å²) in [6, 6.07) is 17.2. The second-order valence-electron chi connectivity index (χ2n) is 4.62. The number of benzene rings is 2. The van der Waals surface area contributed by atoms with Crippen molar-refractivity contribution in [1.29, 1.82) is 0 Å². The van der Waals surface area contributed by atoms with Crippen LogP contribution in [0.25, 0.3) is 0 Å². The molecule has 0 radical (unpaired) electrons. The molecule has 108 valence electrons. The lowest BCUT2D eigenvalue weighted by molar-refractivity contribution is -0.144. The normalized spacial score (nSPS) is 12.2. The van der Waals surface area contributed by atoms with Crippen LogP contribution < -0.4 is 4.74 Å². The molecule has 0 aliphatic rings. The highest BCUT2D eigenvalue weighted by Crippen LogP contribution is 2.13. The first kappa shape index (κ1) is 14.8. The minimum atomic E-state index is -0.983. The molecule has 2 aromatic carbocycles. The van der Waals surface area contributed by atoms with E-state index in [9.17, 15) is 4.79 Å². The van der Waals surface area contributed by atoms with Crippen molar-refractivity contribution >= 4 is 12.2 Å². The lowest BCUT2D eigenvalue weighted by Crippen LogP contribution is -2.22. The summed E-state index contributed by atoms with van der Waals surface area (Å²) in [6.07, 6.45) is 0.930. The highest BCUT2D eigenvalue weighted by atomic mass is 16.5. The summed E-state index contributed by atoms with van der Waals surface area (Å²) in [7, 11) is 0. The van der Waals surface area contributed by atoms with E-state index in [0.717, 1.165) is 11.1 Å². The van der Waals surface area contributed by atoms with Crippen molar-refractivity contribution in [1.82, 2.24) is 0 Å². The molecular formula is C17H17NO3. The van der Waals surface area contributed by atoms with Crippen LogP contribution in [0, 0.1) is 0 Å². The third-order valence-corrected chi connectivity index (χ3v) is 2.90. The molecule has 0 fully saturated rings. The maximum absolute atomic E-state index is 10.7. The number of carboxylic acid groups (broad SMARTS) is 1. The average molecular weight is 283 g/mol. The molecule has 4 nitrogen and oxygen atoms in total. The van der Waals surface area contributed by atoms with Crippen molar-refractivity contribution in [2.75, 3.05) is 0 Å². The van der Waals surface area contributed by atoms with Crippen molar-refractivity contribution < 1.29 is 14.6 Å². The molecule has 0 saturated heterocycles. The van der Waals surface area contributed by atoms with Gasteiger partial charge < -0.3 is 9.84 Å². The number of carboxylic acids is 1. The van der Waals surface area contributed by atoms with Crippen LogP contribution in [0.1, 0.15) is 18.1 Å². The fraction of sp³-hybridized carbons (Fsp3) is 0.176. The minimum Gasteiger partial charge on any atom is -0.479 e. The maximum Gasteiger partial charge on any atom is 0.344 e. The van der Waals surface area contributed by atoms with E-state index in [-0.39, 0.29) is 0 Å². The molecule has 4 heteroatoms. The Bertz CT molecular complexity index is 606. The molecule has 0 aromatic heterocycles. The first-order valence-electron chi connectivity index (χ1n) is 6.68. The smallest absolute Gasteiger partial charge is 0.344 e. The summed E-state index contributed by atoms with van der Waals surface area (Å²) in [5.74, 6) is -0.450. The molecule has 0 unspecified atom stereocenters. The van der Waals surface area contributed by atoms with Crippen LogP contribution in [0.3, 0.4) is 0 Å². The first-order chi connectivity index (χ1) is 10.1. The molecule has 2 aromatic rings. The van der Waals surface area contributed by atoms with Crippen molar-refractivity contribution in [3.63, 3.8) is 0 Å². The van der Waals surface area contributed by atoms with E-state index < -0.39 is 12.1 Å². The Hall–Kier alpha value is -2.62. The van der Waals surface area contributed by atoms with Crippen LogP contribution in [0.5, 0.6) is 5.75 Å². The van der Waals surface area contributed by atoms with E-state index in [1.807, 2.05) is 42.5 Å². The molecule has 0 heterocycles. The van der Waals surface area contributed by atoms with Crippen molar-refractivity contribution in [2.45, 2.75) is 19.6 Å². The van der Waals surface area contributed by atoms with E-state index in [4.69, 9.17) is 9.84 Å². The van der Waals surface area contributed by atoms with Gasteiger partial charge in [0.2, 0.25) is 0 Å². The number of hydrogen-bond acceptors (Lipinski definition) is 3. The van der Waals surface area contributed by atoms with Crippen LogP contribution in [0.15, 0.2) is 59.6 Å². The fourth-order valence-corrected chi connectivity index (χ4v) is 1.73. The summed E-state index contributed by atoms with van der Waals surface area (Å²) >= 11 is 0. The van der Waals surface area contributed by atoms with Gasteiger partial charge >= 0.3 is 5.97 Å². The van der Waals surface area contributed by atoms with E-state index in [1.165, 1.54) is 6.92 Å². The largest absolute Gasteiger partial charge is 0.479 e. The fourth-order valence-electron chi connectivity index (χ4n) is 1.73. The van der Waals surface area contributed by atoms with Crippen molar-refractivity contribution in [3.05, 3.63) is 65.7 Å². The van der Waals surface area contributed by atoms with Gasteiger partial charge in [0.05, 0.1) is 6.54 Å². The van der Waals surface area contributed by atoms with Gasteiger partial charge in [-0.2, -0.15) is 0 Å². The Morgan fingerprint density at radius 2 is 1.86 bits per heavy atom. The van der Waals surface area contributed by atoms with Gasteiger partial charge in [-0.15, -0.1) is 0 Å². The quantitative estimate of drug-likeness (QED) is 0.828. The van der Waals surface area contributed by atoms with Gasteiger partial charge in [-0.1, -0.05) is 30.3 Å². The topological polar surface area (TPSA) is 58.9 Å². The molecule has 0 amide bonds.